The van der Waals surface area contributed by atoms with Crippen molar-refractivity contribution in [3.05, 3.63) is 65.2 Å². The molecule has 1 amide bonds. The quantitative estimate of drug-likeness (QED) is 0.604. The van der Waals surface area contributed by atoms with Crippen LogP contribution >= 0.6 is 11.6 Å². The lowest BCUT2D eigenvalue weighted by molar-refractivity contribution is 0.101. The van der Waals surface area contributed by atoms with Crippen molar-refractivity contribution in [3.63, 3.8) is 0 Å². The van der Waals surface area contributed by atoms with Crippen LogP contribution in [-0.4, -0.2) is 33.8 Å². The van der Waals surface area contributed by atoms with Gasteiger partial charge in [0.15, 0.2) is 0 Å². The van der Waals surface area contributed by atoms with E-state index in [4.69, 9.17) is 22.1 Å². The van der Waals surface area contributed by atoms with E-state index in [9.17, 15) is 4.79 Å². The maximum absolute atomic E-state index is 12.6. The Balaban J connectivity index is 1.80. The van der Waals surface area contributed by atoms with Crippen LogP contribution in [-0.2, 0) is 6.42 Å². The minimum atomic E-state index is -0.390. The third kappa shape index (κ3) is 4.68. The summed E-state index contributed by atoms with van der Waals surface area (Å²) in [6, 6.07) is 14.4. The Hall–Kier alpha value is -2.90. The molecule has 2 aromatic carbocycles. The molecule has 0 fully saturated rings. The smallest absolute Gasteiger partial charge is 0.295 e. The van der Waals surface area contributed by atoms with E-state index in [0.29, 0.717) is 47.5 Å². The van der Waals surface area contributed by atoms with Crippen LogP contribution in [0.1, 0.15) is 29.8 Å². The number of anilines is 1. The maximum atomic E-state index is 12.6. The summed E-state index contributed by atoms with van der Waals surface area (Å²) in [5, 5.41) is 7.73. The molecule has 0 unspecified atom stereocenters. The lowest BCUT2D eigenvalue weighted by atomic mass is 10.3. The summed E-state index contributed by atoms with van der Waals surface area (Å²) in [6.07, 6.45) is 1.55. The van der Waals surface area contributed by atoms with Crippen molar-refractivity contribution in [1.29, 1.82) is 0 Å². The van der Waals surface area contributed by atoms with Crippen LogP contribution < -0.4 is 15.8 Å². The Morgan fingerprint density at radius 1 is 1.21 bits per heavy atom. The molecular formula is C20H22ClN5O2. The van der Waals surface area contributed by atoms with Gasteiger partial charge >= 0.3 is 0 Å². The van der Waals surface area contributed by atoms with E-state index >= 15 is 0 Å². The summed E-state index contributed by atoms with van der Waals surface area (Å²) in [4.78, 5) is 17.0. The highest BCUT2D eigenvalue weighted by molar-refractivity contribution is 6.32. The molecule has 1 heterocycles. The Morgan fingerprint density at radius 2 is 1.96 bits per heavy atom. The molecule has 0 spiro atoms. The molecule has 7 nitrogen and oxygen atoms in total. The van der Waals surface area contributed by atoms with E-state index < -0.39 is 5.91 Å². The summed E-state index contributed by atoms with van der Waals surface area (Å²) in [7, 11) is 0. The standard InChI is InChI=1S/C20H22ClN5O2/c1-2-5-18-24-19(25-26(18)17-7-4-3-6-16(17)21)20(27)23-14-8-10-15(11-9-14)28-13-12-22/h3-4,6-11H,2,5,12-13,22H2,1H3,(H,23,27). The minimum absolute atomic E-state index is 0.0897. The largest absolute Gasteiger partial charge is 0.492 e. The molecule has 0 saturated carbocycles. The number of hydrogen-bond donors (Lipinski definition) is 2. The van der Waals surface area contributed by atoms with Crippen molar-refractivity contribution in [3.8, 4) is 11.4 Å². The van der Waals surface area contributed by atoms with Gasteiger partial charge in [0.1, 0.15) is 18.2 Å². The monoisotopic (exact) mass is 399 g/mol. The third-order valence-corrected chi connectivity index (χ3v) is 4.25. The Kier molecular flexibility index (Phi) is 6.62. The number of nitrogens with one attached hydrogen (secondary N) is 1. The van der Waals surface area contributed by atoms with Crippen LogP contribution in [0.3, 0.4) is 0 Å². The number of aryl methyl sites for hydroxylation is 1. The van der Waals surface area contributed by atoms with E-state index in [0.717, 1.165) is 6.42 Å². The SMILES string of the molecule is CCCc1nc(C(=O)Nc2ccc(OCCN)cc2)nn1-c1ccccc1Cl. The number of nitrogens with zero attached hydrogens (tertiary/aromatic N) is 3. The molecule has 0 aliphatic carbocycles. The number of nitrogens with two attached hydrogens (primary N) is 1. The van der Waals surface area contributed by atoms with Gasteiger partial charge in [0, 0.05) is 18.7 Å². The van der Waals surface area contributed by atoms with E-state index in [1.54, 1.807) is 35.0 Å². The van der Waals surface area contributed by atoms with Gasteiger partial charge in [0.2, 0.25) is 5.82 Å². The zero-order valence-electron chi connectivity index (χ0n) is 15.6. The molecule has 0 bridgehead atoms. The van der Waals surface area contributed by atoms with Crippen molar-refractivity contribution >= 4 is 23.2 Å². The molecule has 3 N–H and O–H groups in total. The van der Waals surface area contributed by atoms with Gasteiger partial charge in [-0.15, -0.1) is 5.10 Å². The first-order valence-corrected chi connectivity index (χ1v) is 9.45. The van der Waals surface area contributed by atoms with Crippen LogP contribution in [0.2, 0.25) is 5.02 Å². The van der Waals surface area contributed by atoms with Gasteiger partial charge < -0.3 is 15.8 Å². The average Bonchev–Trinajstić information content (AvgIpc) is 3.12. The number of ether oxygens (including phenoxy) is 1. The lowest BCUT2D eigenvalue weighted by Gasteiger charge is -2.07. The zero-order valence-corrected chi connectivity index (χ0v) is 16.3. The first kappa shape index (κ1) is 19.9. The predicted molar refractivity (Wildman–Crippen MR) is 109 cm³/mol. The van der Waals surface area contributed by atoms with Gasteiger partial charge in [0.25, 0.3) is 5.91 Å². The van der Waals surface area contributed by atoms with Crippen molar-refractivity contribution in [2.75, 3.05) is 18.5 Å². The van der Waals surface area contributed by atoms with Gasteiger partial charge in [0.05, 0.1) is 10.7 Å². The van der Waals surface area contributed by atoms with Crippen LogP contribution in [0, 0.1) is 0 Å². The second-order valence-electron chi connectivity index (χ2n) is 6.08. The molecular weight excluding hydrogens is 378 g/mol. The fourth-order valence-electron chi connectivity index (χ4n) is 2.64. The highest BCUT2D eigenvalue weighted by Crippen LogP contribution is 2.21. The number of hydrogen-bond acceptors (Lipinski definition) is 5. The summed E-state index contributed by atoms with van der Waals surface area (Å²) < 4.78 is 7.06. The molecule has 0 radical (unpaired) electrons. The van der Waals surface area contributed by atoms with Gasteiger partial charge in [-0.3, -0.25) is 4.79 Å². The summed E-state index contributed by atoms with van der Waals surface area (Å²) >= 11 is 6.29. The summed E-state index contributed by atoms with van der Waals surface area (Å²) in [5.41, 5.74) is 6.73. The number of rotatable bonds is 8. The van der Waals surface area contributed by atoms with Crippen LogP contribution in [0.15, 0.2) is 48.5 Å². The molecule has 0 atom stereocenters. The normalized spacial score (nSPS) is 10.7. The molecule has 28 heavy (non-hydrogen) atoms. The molecule has 0 aliphatic rings. The number of halogens is 1. The molecule has 3 aromatic rings. The molecule has 0 aliphatic heterocycles. The zero-order chi connectivity index (χ0) is 19.9. The van der Waals surface area contributed by atoms with E-state index in [-0.39, 0.29) is 5.82 Å². The van der Waals surface area contributed by atoms with Crippen LogP contribution in [0.25, 0.3) is 5.69 Å². The number of aromatic nitrogens is 3. The highest BCUT2D eigenvalue weighted by Gasteiger charge is 2.18. The lowest BCUT2D eigenvalue weighted by Crippen LogP contribution is -2.14. The average molecular weight is 400 g/mol. The van der Waals surface area contributed by atoms with Crippen molar-refractivity contribution in [2.45, 2.75) is 19.8 Å². The second-order valence-corrected chi connectivity index (χ2v) is 6.49. The van der Waals surface area contributed by atoms with Gasteiger partial charge in [-0.1, -0.05) is 30.7 Å². The fraction of sp³-hybridized carbons (Fsp3) is 0.250. The third-order valence-electron chi connectivity index (χ3n) is 3.93. The molecule has 1 aromatic heterocycles. The molecule has 8 heteroatoms. The summed E-state index contributed by atoms with van der Waals surface area (Å²) in [6.45, 7) is 2.92. The molecule has 3 rings (SSSR count). The van der Waals surface area contributed by atoms with Crippen LogP contribution in [0.5, 0.6) is 5.75 Å². The van der Waals surface area contributed by atoms with Crippen molar-refractivity contribution < 1.29 is 9.53 Å². The first-order chi connectivity index (χ1) is 13.6. The predicted octanol–water partition coefficient (Wildman–Crippen LogP) is 3.46. The fourth-order valence-corrected chi connectivity index (χ4v) is 2.86. The molecule has 146 valence electrons. The maximum Gasteiger partial charge on any atom is 0.295 e. The van der Waals surface area contributed by atoms with Crippen molar-refractivity contribution in [1.82, 2.24) is 14.8 Å². The van der Waals surface area contributed by atoms with Crippen LogP contribution in [0.4, 0.5) is 5.69 Å². The van der Waals surface area contributed by atoms with Crippen molar-refractivity contribution in [2.24, 2.45) is 5.73 Å². The van der Waals surface area contributed by atoms with Gasteiger partial charge in [-0.05, 0) is 42.8 Å². The Morgan fingerprint density at radius 3 is 2.64 bits per heavy atom. The minimum Gasteiger partial charge on any atom is -0.492 e. The number of benzene rings is 2. The van der Waals surface area contributed by atoms with Gasteiger partial charge in [-0.2, -0.15) is 0 Å². The number of carbonyl (C=O) groups excluding carboxylic acids is 1. The topological polar surface area (TPSA) is 95.1 Å². The van der Waals surface area contributed by atoms with E-state index in [2.05, 4.69) is 15.4 Å². The number of para-hydroxylation sites is 1. The van der Waals surface area contributed by atoms with E-state index in [1.165, 1.54) is 0 Å². The Bertz CT molecular complexity index is 940. The van der Waals surface area contributed by atoms with E-state index in [1.807, 2.05) is 25.1 Å². The first-order valence-electron chi connectivity index (χ1n) is 9.07. The highest BCUT2D eigenvalue weighted by atomic mass is 35.5. The molecule has 0 saturated heterocycles. The Labute approximate surface area is 168 Å². The van der Waals surface area contributed by atoms with Gasteiger partial charge in [-0.25, -0.2) is 9.67 Å². The second kappa shape index (κ2) is 9.34. The summed E-state index contributed by atoms with van der Waals surface area (Å²) in [5.74, 6) is 1.08. The number of carbonyl (C=O) groups is 1. The number of amides is 1.